The Bertz CT molecular complexity index is 797. The Morgan fingerprint density at radius 2 is 1.80 bits per heavy atom. The van der Waals surface area contributed by atoms with Gasteiger partial charge in [-0.3, -0.25) is 4.79 Å². The average Bonchev–Trinajstić information content (AvgIpc) is 2.54. The Labute approximate surface area is 154 Å². The van der Waals surface area contributed by atoms with Gasteiger partial charge in [0.05, 0.1) is 21.8 Å². The van der Waals surface area contributed by atoms with E-state index in [1.54, 1.807) is 24.3 Å². The first-order valence-electron chi connectivity index (χ1n) is 7.10. The van der Waals surface area contributed by atoms with Gasteiger partial charge < -0.3 is 9.84 Å². The maximum Gasteiger partial charge on any atom is 0.335 e. The summed E-state index contributed by atoms with van der Waals surface area (Å²) in [5, 5.41) is 13.2. The summed E-state index contributed by atoms with van der Waals surface area (Å²) in [6.45, 7) is 1.52. The van der Waals surface area contributed by atoms with Crippen LogP contribution in [-0.2, 0) is 11.4 Å². The Morgan fingerprint density at radius 1 is 1.20 bits per heavy atom. The molecule has 0 unspecified atom stereocenters. The third-order valence-electron chi connectivity index (χ3n) is 3.04. The number of aromatic carboxylic acids is 1. The number of nitrogens with one attached hydrogen (secondary N) is 1. The molecule has 0 aromatic heterocycles. The van der Waals surface area contributed by atoms with Crippen LogP contribution in [0.1, 0.15) is 28.4 Å². The number of hydrogen-bond donors (Lipinski definition) is 2. The normalized spacial score (nSPS) is 10.7. The first kappa shape index (κ1) is 18.8. The number of ether oxygens (including phenoxy) is 1. The summed E-state index contributed by atoms with van der Waals surface area (Å²) in [5.41, 5.74) is 3.85. The zero-order valence-electron chi connectivity index (χ0n) is 13.1. The molecule has 0 aliphatic carbocycles. The first-order valence-corrected chi connectivity index (χ1v) is 7.86. The van der Waals surface area contributed by atoms with Crippen LogP contribution in [0.4, 0.5) is 0 Å². The van der Waals surface area contributed by atoms with Gasteiger partial charge in [0.25, 0.3) is 0 Å². The molecule has 0 bridgehead atoms. The number of benzene rings is 2. The predicted molar refractivity (Wildman–Crippen MR) is 95.6 cm³/mol. The molecule has 0 aliphatic heterocycles. The third-order valence-corrected chi connectivity index (χ3v) is 3.60. The minimum Gasteiger partial charge on any atom is -0.486 e. The molecule has 0 fully saturated rings. The van der Waals surface area contributed by atoms with E-state index >= 15 is 0 Å². The van der Waals surface area contributed by atoms with Crippen LogP contribution >= 0.6 is 23.2 Å². The minimum atomic E-state index is -0.991. The van der Waals surface area contributed by atoms with Crippen molar-refractivity contribution in [1.29, 1.82) is 0 Å². The molecule has 2 aromatic carbocycles. The molecule has 2 N–H and O–H groups in total. The average molecular weight is 381 g/mol. The van der Waals surface area contributed by atoms with Crippen molar-refractivity contribution < 1.29 is 19.4 Å². The first-order chi connectivity index (χ1) is 11.9. The van der Waals surface area contributed by atoms with E-state index in [9.17, 15) is 9.59 Å². The second kappa shape index (κ2) is 8.50. The van der Waals surface area contributed by atoms with Crippen molar-refractivity contribution in [3.05, 3.63) is 63.1 Å². The fraction of sp³-hybridized carbons (Fsp3) is 0.118. The number of carbonyl (C=O) groups is 2. The van der Waals surface area contributed by atoms with Crippen molar-refractivity contribution in [2.75, 3.05) is 0 Å². The SMILES string of the molecule is CC(=O)N/N=C\c1cc(Cl)c(OCc2ccc(C(=O)O)cc2)c(Cl)c1. The van der Waals surface area contributed by atoms with E-state index in [1.165, 1.54) is 25.3 Å². The van der Waals surface area contributed by atoms with Crippen molar-refractivity contribution >= 4 is 41.3 Å². The number of rotatable bonds is 6. The number of carboxylic acid groups (broad SMARTS) is 1. The Morgan fingerprint density at radius 3 is 2.32 bits per heavy atom. The van der Waals surface area contributed by atoms with E-state index < -0.39 is 5.97 Å². The third kappa shape index (κ3) is 5.48. The summed E-state index contributed by atoms with van der Waals surface area (Å²) in [7, 11) is 0. The summed E-state index contributed by atoms with van der Waals surface area (Å²) in [6, 6.07) is 9.49. The van der Waals surface area contributed by atoms with Gasteiger partial charge in [0.2, 0.25) is 5.91 Å². The lowest BCUT2D eigenvalue weighted by Crippen LogP contribution is -2.12. The van der Waals surface area contributed by atoms with Crippen LogP contribution < -0.4 is 10.2 Å². The zero-order chi connectivity index (χ0) is 18.4. The molecule has 1 amide bonds. The van der Waals surface area contributed by atoms with Gasteiger partial charge >= 0.3 is 5.97 Å². The molecule has 0 atom stereocenters. The molecule has 6 nitrogen and oxygen atoms in total. The molecule has 0 aliphatic rings. The van der Waals surface area contributed by atoms with Crippen LogP contribution in [0.15, 0.2) is 41.5 Å². The molecule has 0 saturated heterocycles. The van der Waals surface area contributed by atoms with E-state index in [2.05, 4.69) is 10.5 Å². The number of hydrazone groups is 1. The van der Waals surface area contributed by atoms with Crippen molar-refractivity contribution in [2.45, 2.75) is 13.5 Å². The lowest BCUT2D eigenvalue weighted by Gasteiger charge is -2.11. The van der Waals surface area contributed by atoms with Crippen molar-refractivity contribution in [3.63, 3.8) is 0 Å². The fourth-order valence-electron chi connectivity index (χ4n) is 1.89. The molecule has 0 spiro atoms. The lowest BCUT2D eigenvalue weighted by molar-refractivity contribution is -0.118. The highest BCUT2D eigenvalue weighted by Crippen LogP contribution is 2.34. The Hall–Kier alpha value is -2.57. The maximum absolute atomic E-state index is 10.8. The summed E-state index contributed by atoms with van der Waals surface area (Å²) >= 11 is 12.3. The van der Waals surface area contributed by atoms with E-state index in [0.717, 1.165) is 5.56 Å². The van der Waals surface area contributed by atoms with Crippen LogP contribution in [0, 0.1) is 0 Å². The summed E-state index contributed by atoms with van der Waals surface area (Å²) < 4.78 is 5.63. The van der Waals surface area contributed by atoms with Gasteiger partial charge in [-0.15, -0.1) is 0 Å². The second-order valence-corrected chi connectivity index (χ2v) is 5.85. The van der Waals surface area contributed by atoms with Crippen LogP contribution in [0.5, 0.6) is 5.75 Å². The highest BCUT2D eigenvalue weighted by Gasteiger charge is 2.10. The Balaban J connectivity index is 2.08. The van der Waals surface area contributed by atoms with Crippen LogP contribution in [0.2, 0.25) is 10.0 Å². The highest BCUT2D eigenvalue weighted by molar-refractivity contribution is 6.37. The number of carboxylic acids is 1. The number of hydrogen-bond acceptors (Lipinski definition) is 4. The molecule has 2 aromatic rings. The van der Waals surface area contributed by atoms with Gasteiger partial charge in [-0.2, -0.15) is 5.10 Å². The molecule has 130 valence electrons. The molecule has 0 radical (unpaired) electrons. The predicted octanol–water partition coefficient (Wildman–Crippen LogP) is 3.74. The fourth-order valence-corrected chi connectivity index (χ4v) is 2.50. The molecular weight excluding hydrogens is 367 g/mol. The van der Waals surface area contributed by atoms with E-state index in [4.69, 9.17) is 33.0 Å². The lowest BCUT2D eigenvalue weighted by atomic mass is 10.1. The number of amides is 1. The van der Waals surface area contributed by atoms with E-state index in [1.807, 2.05) is 0 Å². The molecular formula is C17H14Cl2N2O4. The maximum atomic E-state index is 10.8. The topological polar surface area (TPSA) is 88.0 Å². The summed E-state index contributed by atoms with van der Waals surface area (Å²) in [5.74, 6) is -0.972. The van der Waals surface area contributed by atoms with Crippen molar-refractivity contribution in [3.8, 4) is 5.75 Å². The summed E-state index contributed by atoms with van der Waals surface area (Å²) in [6.07, 6.45) is 1.41. The standard InChI is InChI=1S/C17H14Cl2N2O4/c1-10(22)21-20-8-12-6-14(18)16(15(19)7-12)25-9-11-2-4-13(5-3-11)17(23)24/h2-8H,9H2,1H3,(H,21,22)(H,23,24)/b20-8-. The number of nitrogens with zero attached hydrogens (tertiary/aromatic N) is 1. The highest BCUT2D eigenvalue weighted by atomic mass is 35.5. The summed E-state index contributed by atoms with van der Waals surface area (Å²) in [4.78, 5) is 21.6. The number of carbonyl (C=O) groups excluding carboxylic acids is 1. The quantitative estimate of drug-likeness (QED) is 0.590. The smallest absolute Gasteiger partial charge is 0.335 e. The molecule has 0 heterocycles. The molecule has 8 heteroatoms. The Kier molecular flexibility index (Phi) is 6.38. The van der Waals surface area contributed by atoms with E-state index in [-0.39, 0.29) is 18.1 Å². The van der Waals surface area contributed by atoms with Gasteiger partial charge in [-0.05, 0) is 35.4 Å². The minimum absolute atomic E-state index is 0.179. The van der Waals surface area contributed by atoms with Gasteiger partial charge in [0, 0.05) is 6.92 Å². The molecule has 25 heavy (non-hydrogen) atoms. The van der Waals surface area contributed by atoms with Crippen molar-refractivity contribution in [1.82, 2.24) is 5.43 Å². The van der Waals surface area contributed by atoms with Crippen LogP contribution in [-0.4, -0.2) is 23.2 Å². The monoisotopic (exact) mass is 380 g/mol. The van der Waals surface area contributed by atoms with Gasteiger partial charge in [0.15, 0.2) is 5.75 Å². The van der Waals surface area contributed by atoms with Gasteiger partial charge in [0.1, 0.15) is 6.61 Å². The van der Waals surface area contributed by atoms with Crippen molar-refractivity contribution in [2.24, 2.45) is 5.10 Å². The second-order valence-electron chi connectivity index (χ2n) is 5.03. The number of halogens is 2. The molecule has 0 saturated carbocycles. The van der Waals surface area contributed by atoms with Gasteiger partial charge in [-0.1, -0.05) is 35.3 Å². The molecule has 2 rings (SSSR count). The van der Waals surface area contributed by atoms with Crippen LogP contribution in [0.25, 0.3) is 0 Å². The van der Waals surface area contributed by atoms with E-state index in [0.29, 0.717) is 21.4 Å². The van der Waals surface area contributed by atoms with Crippen LogP contribution in [0.3, 0.4) is 0 Å². The zero-order valence-corrected chi connectivity index (χ0v) is 14.6. The van der Waals surface area contributed by atoms with Gasteiger partial charge in [-0.25, -0.2) is 10.2 Å². The largest absolute Gasteiger partial charge is 0.486 e.